The summed E-state index contributed by atoms with van der Waals surface area (Å²) in [5, 5.41) is 2.99. The molecule has 0 aromatic heterocycles. The minimum atomic E-state index is 0.0651. The number of carbonyl (C=O) groups excluding carboxylic acids is 1. The lowest BCUT2D eigenvalue weighted by Crippen LogP contribution is -2.26. The normalized spacial score (nSPS) is 10.7. The van der Waals surface area contributed by atoms with Gasteiger partial charge in [0.2, 0.25) is 5.91 Å². The van der Waals surface area contributed by atoms with Crippen molar-refractivity contribution in [2.24, 2.45) is 0 Å². The third-order valence-electron chi connectivity index (χ3n) is 4.13. The molecule has 0 bridgehead atoms. The summed E-state index contributed by atoms with van der Waals surface area (Å²) in [6, 6.07) is 16.4. The van der Waals surface area contributed by atoms with E-state index in [0.29, 0.717) is 18.9 Å². The van der Waals surface area contributed by atoms with Gasteiger partial charge in [-0.2, -0.15) is 0 Å². The maximum Gasteiger partial charge on any atom is 0.224 e. The molecular formula is C21H27NO2. The molecular weight excluding hydrogens is 298 g/mol. The molecule has 1 amide bonds. The first-order chi connectivity index (χ1) is 11.6. The van der Waals surface area contributed by atoms with Crippen LogP contribution in [0.2, 0.25) is 0 Å². The van der Waals surface area contributed by atoms with E-state index in [0.717, 1.165) is 24.2 Å². The minimum Gasteiger partial charge on any atom is -0.497 e. The predicted octanol–water partition coefficient (Wildman–Crippen LogP) is 4.11. The highest BCUT2D eigenvalue weighted by Gasteiger charge is 2.04. The summed E-state index contributed by atoms with van der Waals surface area (Å²) in [4.78, 5) is 12.0. The highest BCUT2D eigenvalue weighted by Crippen LogP contribution is 2.15. The van der Waals surface area contributed by atoms with Gasteiger partial charge >= 0.3 is 0 Å². The van der Waals surface area contributed by atoms with Gasteiger partial charge in [0.1, 0.15) is 5.75 Å². The molecule has 0 aliphatic carbocycles. The van der Waals surface area contributed by atoms with Crippen LogP contribution < -0.4 is 10.1 Å². The Balaban J connectivity index is 1.68. The van der Waals surface area contributed by atoms with Gasteiger partial charge in [-0.3, -0.25) is 4.79 Å². The Morgan fingerprint density at radius 2 is 1.62 bits per heavy atom. The first-order valence-corrected chi connectivity index (χ1v) is 8.57. The van der Waals surface area contributed by atoms with Gasteiger partial charge in [-0.25, -0.2) is 0 Å². The summed E-state index contributed by atoms with van der Waals surface area (Å²) in [6.45, 7) is 5.11. The zero-order chi connectivity index (χ0) is 17.4. The van der Waals surface area contributed by atoms with Crippen molar-refractivity contribution in [2.75, 3.05) is 13.7 Å². The summed E-state index contributed by atoms with van der Waals surface area (Å²) in [6.07, 6.45) is 2.35. The summed E-state index contributed by atoms with van der Waals surface area (Å²) in [5.41, 5.74) is 3.69. The lowest BCUT2D eigenvalue weighted by Gasteiger charge is -2.08. The quantitative estimate of drug-likeness (QED) is 0.742. The van der Waals surface area contributed by atoms with Crippen molar-refractivity contribution in [1.29, 1.82) is 0 Å². The number of hydrogen-bond donors (Lipinski definition) is 1. The van der Waals surface area contributed by atoms with E-state index in [1.54, 1.807) is 7.11 Å². The average molecular weight is 325 g/mol. The molecule has 0 spiro atoms. The molecule has 0 unspecified atom stereocenters. The molecule has 0 aliphatic rings. The van der Waals surface area contributed by atoms with E-state index in [9.17, 15) is 4.79 Å². The molecule has 1 N–H and O–H groups in total. The van der Waals surface area contributed by atoms with Gasteiger partial charge in [0.25, 0.3) is 0 Å². The molecule has 0 radical (unpaired) electrons. The van der Waals surface area contributed by atoms with Crippen LogP contribution in [0.15, 0.2) is 48.5 Å². The molecule has 0 fully saturated rings. The highest BCUT2D eigenvalue weighted by atomic mass is 16.5. The molecule has 2 rings (SSSR count). The van der Waals surface area contributed by atoms with Crippen LogP contribution in [0, 0.1) is 0 Å². The van der Waals surface area contributed by atoms with E-state index in [4.69, 9.17) is 4.74 Å². The summed E-state index contributed by atoms with van der Waals surface area (Å²) >= 11 is 0. The van der Waals surface area contributed by atoms with E-state index < -0.39 is 0 Å². The topological polar surface area (TPSA) is 38.3 Å². The van der Waals surface area contributed by atoms with Crippen LogP contribution in [0.5, 0.6) is 5.75 Å². The van der Waals surface area contributed by atoms with Crippen molar-refractivity contribution in [3.8, 4) is 5.75 Å². The number of methoxy groups -OCH3 is 1. The van der Waals surface area contributed by atoms with Crippen LogP contribution in [0.25, 0.3) is 0 Å². The Morgan fingerprint density at radius 3 is 2.21 bits per heavy atom. The monoisotopic (exact) mass is 325 g/mol. The average Bonchev–Trinajstić information content (AvgIpc) is 2.60. The molecule has 0 saturated heterocycles. The molecule has 0 aliphatic heterocycles. The first-order valence-electron chi connectivity index (χ1n) is 8.57. The smallest absolute Gasteiger partial charge is 0.224 e. The first kappa shape index (κ1) is 18.1. The molecule has 3 nitrogen and oxygen atoms in total. The van der Waals surface area contributed by atoms with Gasteiger partial charge in [0.05, 0.1) is 13.5 Å². The Kier molecular flexibility index (Phi) is 6.86. The fourth-order valence-electron chi connectivity index (χ4n) is 2.58. The Hall–Kier alpha value is -2.29. The molecule has 0 atom stereocenters. The van der Waals surface area contributed by atoms with Gasteiger partial charge in [0.15, 0.2) is 0 Å². The summed E-state index contributed by atoms with van der Waals surface area (Å²) in [5.74, 6) is 1.44. The van der Waals surface area contributed by atoms with E-state index in [2.05, 4.69) is 43.4 Å². The number of aryl methyl sites for hydroxylation is 1. The standard InChI is InChI=1S/C21H27NO2/c1-16(2)19-10-6-17(7-11-19)5-4-14-22-21(23)15-18-8-12-20(24-3)13-9-18/h6-13,16H,4-5,14-15H2,1-3H3,(H,22,23). The lowest BCUT2D eigenvalue weighted by atomic mass is 10.0. The van der Waals surface area contributed by atoms with E-state index >= 15 is 0 Å². The zero-order valence-corrected chi connectivity index (χ0v) is 14.8. The maximum absolute atomic E-state index is 12.0. The Labute approximate surface area is 145 Å². The number of hydrogen-bond acceptors (Lipinski definition) is 2. The number of nitrogens with one attached hydrogen (secondary N) is 1. The van der Waals surface area contributed by atoms with Crippen LogP contribution in [0.3, 0.4) is 0 Å². The van der Waals surface area contributed by atoms with Gasteiger partial charge in [-0.1, -0.05) is 50.2 Å². The molecule has 3 heteroatoms. The molecule has 24 heavy (non-hydrogen) atoms. The second-order valence-electron chi connectivity index (χ2n) is 6.37. The summed E-state index contributed by atoms with van der Waals surface area (Å²) in [7, 11) is 1.64. The van der Waals surface area contributed by atoms with Crippen LogP contribution in [0.1, 0.15) is 42.9 Å². The third-order valence-corrected chi connectivity index (χ3v) is 4.13. The van der Waals surface area contributed by atoms with E-state index in [1.807, 2.05) is 24.3 Å². The zero-order valence-electron chi connectivity index (χ0n) is 14.8. The van der Waals surface area contributed by atoms with Crippen molar-refractivity contribution in [3.05, 3.63) is 65.2 Å². The van der Waals surface area contributed by atoms with Gasteiger partial charge < -0.3 is 10.1 Å². The van der Waals surface area contributed by atoms with Crippen LogP contribution in [-0.4, -0.2) is 19.6 Å². The highest BCUT2D eigenvalue weighted by molar-refractivity contribution is 5.78. The minimum absolute atomic E-state index is 0.0651. The molecule has 2 aromatic rings. The molecule has 2 aromatic carbocycles. The van der Waals surface area contributed by atoms with Crippen LogP contribution in [-0.2, 0) is 17.6 Å². The lowest BCUT2D eigenvalue weighted by molar-refractivity contribution is -0.120. The molecule has 0 saturated carbocycles. The van der Waals surface area contributed by atoms with Gasteiger partial charge in [-0.15, -0.1) is 0 Å². The number of ether oxygens (including phenoxy) is 1. The third kappa shape index (κ3) is 5.73. The van der Waals surface area contributed by atoms with Crippen LogP contribution in [0.4, 0.5) is 0 Å². The second-order valence-corrected chi connectivity index (χ2v) is 6.37. The number of benzene rings is 2. The van der Waals surface area contributed by atoms with Gasteiger partial charge in [-0.05, 0) is 47.6 Å². The maximum atomic E-state index is 12.0. The molecule has 0 heterocycles. The van der Waals surface area contributed by atoms with E-state index in [-0.39, 0.29) is 5.91 Å². The number of carbonyl (C=O) groups is 1. The fraction of sp³-hybridized carbons (Fsp3) is 0.381. The number of rotatable bonds is 8. The van der Waals surface area contributed by atoms with Crippen LogP contribution >= 0.6 is 0 Å². The molecule has 128 valence electrons. The Bertz CT molecular complexity index is 630. The fourth-order valence-corrected chi connectivity index (χ4v) is 2.58. The van der Waals surface area contributed by atoms with Crippen molar-refractivity contribution in [1.82, 2.24) is 5.32 Å². The number of amides is 1. The van der Waals surface area contributed by atoms with Gasteiger partial charge in [0, 0.05) is 6.54 Å². The largest absolute Gasteiger partial charge is 0.497 e. The SMILES string of the molecule is COc1ccc(CC(=O)NCCCc2ccc(C(C)C)cc2)cc1. The van der Waals surface area contributed by atoms with Crippen molar-refractivity contribution >= 4 is 5.91 Å². The van der Waals surface area contributed by atoms with Crippen molar-refractivity contribution in [2.45, 2.75) is 39.0 Å². The van der Waals surface area contributed by atoms with Crippen molar-refractivity contribution in [3.63, 3.8) is 0 Å². The van der Waals surface area contributed by atoms with Crippen molar-refractivity contribution < 1.29 is 9.53 Å². The second kappa shape index (κ2) is 9.11. The van der Waals surface area contributed by atoms with E-state index in [1.165, 1.54) is 11.1 Å². The Morgan fingerprint density at radius 1 is 1.00 bits per heavy atom. The predicted molar refractivity (Wildman–Crippen MR) is 98.6 cm³/mol. The summed E-state index contributed by atoms with van der Waals surface area (Å²) < 4.78 is 5.12.